The summed E-state index contributed by atoms with van der Waals surface area (Å²) in [5.74, 6) is 0.402. The summed E-state index contributed by atoms with van der Waals surface area (Å²) in [4.78, 5) is 12.3. The first-order valence-electron chi connectivity index (χ1n) is 5.89. The number of amides is 1. The van der Waals surface area contributed by atoms with Crippen LogP contribution in [0.2, 0.25) is 0 Å². The van der Waals surface area contributed by atoms with Crippen molar-refractivity contribution in [2.45, 2.75) is 6.42 Å². The molecule has 2 aromatic rings. The van der Waals surface area contributed by atoms with Crippen LogP contribution in [-0.2, 0) is 11.2 Å². The lowest BCUT2D eigenvalue weighted by Crippen LogP contribution is -2.19. The summed E-state index contributed by atoms with van der Waals surface area (Å²) in [6.07, 6.45) is 0.304. The highest BCUT2D eigenvalue weighted by Crippen LogP contribution is 2.28. The molecule has 0 unspecified atom stereocenters. The van der Waals surface area contributed by atoms with Gasteiger partial charge in [0.15, 0.2) is 0 Å². The third-order valence-corrected chi connectivity index (χ3v) is 3.67. The molecule has 1 aromatic carbocycles. The standard InChI is InChI=1S/C14H14N2O2S2/c1-18-11-4-2-3-10(14(15)19)13(11)16-12(17)7-9-5-6-20-8-9/h2-6,8H,7H2,1H3,(H2,15,19)(H,16,17). The molecule has 1 aromatic heterocycles. The molecule has 0 atom stereocenters. The van der Waals surface area contributed by atoms with Crippen molar-refractivity contribution in [2.75, 3.05) is 12.4 Å². The van der Waals surface area contributed by atoms with E-state index in [4.69, 9.17) is 22.7 Å². The van der Waals surface area contributed by atoms with Gasteiger partial charge in [0.1, 0.15) is 10.7 Å². The maximum atomic E-state index is 12.1. The van der Waals surface area contributed by atoms with Crippen LogP contribution in [-0.4, -0.2) is 18.0 Å². The summed E-state index contributed by atoms with van der Waals surface area (Å²) in [6, 6.07) is 7.20. The summed E-state index contributed by atoms with van der Waals surface area (Å²) < 4.78 is 5.24. The van der Waals surface area contributed by atoms with Crippen molar-refractivity contribution in [3.05, 3.63) is 46.2 Å². The smallest absolute Gasteiger partial charge is 0.228 e. The molecule has 0 fully saturated rings. The summed E-state index contributed by atoms with van der Waals surface area (Å²) >= 11 is 6.56. The fourth-order valence-electron chi connectivity index (χ4n) is 1.80. The number of hydrogen-bond acceptors (Lipinski definition) is 4. The highest BCUT2D eigenvalue weighted by molar-refractivity contribution is 7.80. The van der Waals surface area contributed by atoms with Gasteiger partial charge in [-0.2, -0.15) is 11.3 Å². The number of ether oxygens (including phenoxy) is 1. The number of hydrogen-bond donors (Lipinski definition) is 2. The number of benzene rings is 1. The van der Waals surface area contributed by atoms with Gasteiger partial charge in [-0.1, -0.05) is 18.3 Å². The minimum Gasteiger partial charge on any atom is -0.495 e. The lowest BCUT2D eigenvalue weighted by atomic mass is 10.1. The Morgan fingerprint density at radius 2 is 2.25 bits per heavy atom. The van der Waals surface area contributed by atoms with Crippen molar-refractivity contribution in [3.8, 4) is 5.75 Å². The van der Waals surface area contributed by atoms with Crippen LogP contribution in [0.4, 0.5) is 5.69 Å². The van der Waals surface area contributed by atoms with Gasteiger partial charge < -0.3 is 15.8 Å². The van der Waals surface area contributed by atoms with Crippen molar-refractivity contribution in [1.29, 1.82) is 0 Å². The van der Waals surface area contributed by atoms with Gasteiger partial charge in [-0.15, -0.1) is 0 Å². The van der Waals surface area contributed by atoms with E-state index in [1.165, 1.54) is 7.11 Å². The third-order valence-electron chi connectivity index (χ3n) is 2.72. The topological polar surface area (TPSA) is 64.3 Å². The Labute approximate surface area is 126 Å². The largest absolute Gasteiger partial charge is 0.495 e. The number of nitrogens with one attached hydrogen (secondary N) is 1. The van der Waals surface area contributed by atoms with Crippen molar-refractivity contribution < 1.29 is 9.53 Å². The van der Waals surface area contributed by atoms with E-state index >= 15 is 0 Å². The minimum atomic E-state index is -0.134. The second-order valence-corrected chi connectivity index (χ2v) is 5.32. The molecule has 0 saturated carbocycles. The second kappa shape index (κ2) is 6.49. The van der Waals surface area contributed by atoms with Crippen molar-refractivity contribution in [1.82, 2.24) is 0 Å². The number of nitrogens with two attached hydrogens (primary N) is 1. The first kappa shape index (κ1) is 14.5. The molecular weight excluding hydrogens is 292 g/mol. The van der Waals surface area contributed by atoms with Gasteiger partial charge in [0, 0.05) is 5.56 Å². The van der Waals surface area contributed by atoms with E-state index in [0.717, 1.165) is 5.56 Å². The zero-order valence-electron chi connectivity index (χ0n) is 10.9. The normalized spacial score (nSPS) is 10.1. The zero-order chi connectivity index (χ0) is 14.5. The van der Waals surface area contributed by atoms with Crippen molar-refractivity contribution in [3.63, 3.8) is 0 Å². The van der Waals surface area contributed by atoms with Crippen LogP contribution in [0, 0.1) is 0 Å². The molecule has 4 nitrogen and oxygen atoms in total. The Morgan fingerprint density at radius 1 is 1.45 bits per heavy atom. The van der Waals surface area contributed by atoms with E-state index in [2.05, 4.69) is 5.32 Å². The molecule has 0 aliphatic carbocycles. The van der Waals surface area contributed by atoms with Gasteiger partial charge in [-0.05, 0) is 34.5 Å². The Morgan fingerprint density at radius 3 is 2.85 bits per heavy atom. The average Bonchev–Trinajstić information content (AvgIpc) is 2.91. The average molecular weight is 306 g/mol. The van der Waals surface area contributed by atoms with Gasteiger partial charge >= 0.3 is 0 Å². The predicted molar refractivity (Wildman–Crippen MR) is 85.5 cm³/mol. The van der Waals surface area contributed by atoms with Gasteiger partial charge in [0.05, 0.1) is 19.2 Å². The molecule has 1 heterocycles. The fourth-order valence-corrected chi connectivity index (χ4v) is 2.64. The molecular formula is C14H14N2O2S2. The summed E-state index contributed by atoms with van der Waals surface area (Å²) in [5, 5.41) is 6.70. The van der Waals surface area contributed by atoms with Gasteiger partial charge in [0.25, 0.3) is 0 Å². The number of rotatable bonds is 5. The first-order chi connectivity index (χ1) is 9.61. The van der Waals surface area contributed by atoms with E-state index in [0.29, 0.717) is 23.4 Å². The molecule has 0 aliphatic rings. The lowest BCUT2D eigenvalue weighted by molar-refractivity contribution is -0.115. The zero-order valence-corrected chi connectivity index (χ0v) is 12.5. The maximum Gasteiger partial charge on any atom is 0.228 e. The minimum absolute atomic E-state index is 0.134. The molecule has 0 radical (unpaired) electrons. The number of thiophene rings is 1. The summed E-state index contributed by atoms with van der Waals surface area (Å²) in [5.41, 5.74) is 7.76. The van der Waals surface area contributed by atoms with Crippen LogP contribution < -0.4 is 15.8 Å². The first-order valence-corrected chi connectivity index (χ1v) is 7.24. The Hall–Kier alpha value is -1.92. The van der Waals surface area contributed by atoms with E-state index in [-0.39, 0.29) is 10.9 Å². The molecule has 2 rings (SSSR count). The van der Waals surface area contributed by atoms with Crippen LogP contribution in [0.1, 0.15) is 11.1 Å². The monoisotopic (exact) mass is 306 g/mol. The highest BCUT2D eigenvalue weighted by Gasteiger charge is 2.14. The second-order valence-electron chi connectivity index (χ2n) is 4.10. The number of thiocarbonyl (C=S) groups is 1. The van der Waals surface area contributed by atoms with Gasteiger partial charge in [-0.3, -0.25) is 4.79 Å². The summed E-state index contributed by atoms with van der Waals surface area (Å²) in [6.45, 7) is 0. The third kappa shape index (κ3) is 3.34. The van der Waals surface area contributed by atoms with E-state index < -0.39 is 0 Å². The Kier molecular flexibility index (Phi) is 4.70. The van der Waals surface area contributed by atoms with E-state index in [9.17, 15) is 4.79 Å². The molecule has 1 amide bonds. The predicted octanol–water partition coefficient (Wildman–Crippen LogP) is 2.57. The molecule has 6 heteroatoms. The van der Waals surface area contributed by atoms with Crippen molar-refractivity contribution >= 4 is 40.1 Å². The number of carbonyl (C=O) groups excluding carboxylic acids is 1. The molecule has 0 aliphatic heterocycles. The Balaban J connectivity index is 2.23. The number of methoxy groups -OCH3 is 1. The van der Waals surface area contributed by atoms with E-state index in [1.54, 1.807) is 29.5 Å². The quantitative estimate of drug-likeness (QED) is 0.833. The Bertz CT molecular complexity index is 624. The number of anilines is 1. The molecule has 3 N–H and O–H groups in total. The molecule has 20 heavy (non-hydrogen) atoms. The molecule has 0 spiro atoms. The molecule has 104 valence electrons. The lowest BCUT2D eigenvalue weighted by Gasteiger charge is -2.14. The van der Waals surface area contributed by atoms with Crippen LogP contribution in [0.3, 0.4) is 0 Å². The molecule has 0 saturated heterocycles. The van der Waals surface area contributed by atoms with Crippen LogP contribution in [0.5, 0.6) is 5.75 Å². The van der Waals surface area contributed by atoms with Gasteiger partial charge in [-0.25, -0.2) is 0 Å². The number of carbonyl (C=O) groups is 1. The number of para-hydroxylation sites is 1. The molecule has 0 bridgehead atoms. The van der Waals surface area contributed by atoms with Crippen LogP contribution in [0.25, 0.3) is 0 Å². The van der Waals surface area contributed by atoms with E-state index in [1.807, 2.05) is 16.8 Å². The highest BCUT2D eigenvalue weighted by atomic mass is 32.1. The van der Waals surface area contributed by atoms with Crippen molar-refractivity contribution in [2.24, 2.45) is 5.73 Å². The van der Waals surface area contributed by atoms with Gasteiger partial charge in [0.2, 0.25) is 5.91 Å². The maximum absolute atomic E-state index is 12.1. The van der Waals surface area contributed by atoms with Crippen LogP contribution >= 0.6 is 23.6 Å². The summed E-state index contributed by atoms with van der Waals surface area (Å²) in [7, 11) is 1.53. The SMILES string of the molecule is COc1cccc(C(N)=S)c1NC(=O)Cc1ccsc1. The van der Waals surface area contributed by atoms with Crippen LogP contribution in [0.15, 0.2) is 35.0 Å². The fraction of sp³-hybridized carbons (Fsp3) is 0.143.